The molecule has 0 saturated heterocycles. The Morgan fingerprint density at radius 2 is 2.09 bits per heavy atom. The summed E-state index contributed by atoms with van der Waals surface area (Å²) in [5.74, 6) is 0. The van der Waals surface area contributed by atoms with Gasteiger partial charge in [0.2, 0.25) is 0 Å². The van der Waals surface area contributed by atoms with Crippen molar-refractivity contribution in [1.82, 2.24) is 4.98 Å². The third-order valence-corrected chi connectivity index (χ3v) is 2.10. The summed E-state index contributed by atoms with van der Waals surface area (Å²) in [6, 6.07) is 2.16. The quantitative estimate of drug-likeness (QED) is 0.509. The highest BCUT2D eigenvalue weighted by Crippen LogP contribution is 2.24. The van der Waals surface area contributed by atoms with Crippen molar-refractivity contribution in [2.75, 3.05) is 0 Å². The van der Waals surface area contributed by atoms with E-state index in [2.05, 4.69) is 17.6 Å². The van der Waals surface area contributed by atoms with Gasteiger partial charge < -0.3 is 0 Å². The van der Waals surface area contributed by atoms with Gasteiger partial charge in [-0.05, 0) is 37.0 Å². The highest BCUT2D eigenvalue weighted by molar-refractivity contribution is 5.38. The van der Waals surface area contributed by atoms with Gasteiger partial charge in [-0.25, -0.2) is 0 Å². The molecule has 0 unspecified atom stereocenters. The molecule has 0 aromatic carbocycles. The normalized spacial score (nSPS) is 15.2. The number of hydrogen-bond acceptors (Lipinski definition) is 1. The lowest BCUT2D eigenvalue weighted by molar-refractivity contribution is 1.14. The maximum atomic E-state index is 4.24. The fraction of sp³-hybridized carbons (Fsp3) is 0.300. The summed E-state index contributed by atoms with van der Waals surface area (Å²) in [4.78, 5) is 4.24. The van der Waals surface area contributed by atoms with Gasteiger partial charge in [-0.1, -0.05) is 12.2 Å². The average molecular weight is 145 g/mol. The van der Waals surface area contributed by atoms with Crippen LogP contribution in [-0.2, 0) is 12.8 Å². The first-order valence-corrected chi connectivity index (χ1v) is 3.87. The number of hydrogen-bond donors (Lipinski definition) is 0. The molecular formula is C10H11N. The summed E-state index contributed by atoms with van der Waals surface area (Å²) in [6.45, 7) is 6.00. The summed E-state index contributed by atoms with van der Waals surface area (Å²) >= 11 is 0. The molecule has 2 rings (SSSR count). The van der Waals surface area contributed by atoms with E-state index in [1.165, 1.54) is 16.7 Å². The van der Waals surface area contributed by atoms with E-state index in [0.717, 1.165) is 18.5 Å². The van der Waals surface area contributed by atoms with Crippen LogP contribution in [0.15, 0.2) is 24.4 Å². The molecule has 0 aliphatic heterocycles. The summed E-state index contributed by atoms with van der Waals surface area (Å²) in [5, 5.41) is 0. The molecule has 0 fully saturated rings. The first-order chi connectivity index (χ1) is 5.25. The lowest BCUT2D eigenvalue weighted by Crippen LogP contribution is -1.86. The summed E-state index contributed by atoms with van der Waals surface area (Å²) in [5.41, 5.74) is 5.20. The van der Waals surface area contributed by atoms with Crippen molar-refractivity contribution in [2.24, 2.45) is 0 Å². The van der Waals surface area contributed by atoms with Crippen LogP contribution in [-0.4, -0.2) is 4.98 Å². The number of pyridine rings is 1. The van der Waals surface area contributed by atoms with Gasteiger partial charge in [-0.3, -0.25) is 4.98 Å². The molecule has 1 aliphatic rings. The molecule has 1 heterocycles. The van der Waals surface area contributed by atoms with Crippen molar-refractivity contribution in [3.8, 4) is 0 Å². The predicted octanol–water partition coefficient (Wildman–Crippen LogP) is 2.04. The third kappa shape index (κ3) is 1.07. The molecule has 0 atom stereocenters. The average Bonchev–Trinajstić information content (AvgIpc) is 2.27. The van der Waals surface area contributed by atoms with Crippen molar-refractivity contribution in [2.45, 2.75) is 19.8 Å². The van der Waals surface area contributed by atoms with Gasteiger partial charge in [0, 0.05) is 11.9 Å². The van der Waals surface area contributed by atoms with Crippen molar-refractivity contribution < 1.29 is 0 Å². The Morgan fingerprint density at radius 1 is 1.36 bits per heavy atom. The predicted molar refractivity (Wildman–Crippen MR) is 45.5 cm³/mol. The van der Waals surface area contributed by atoms with Gasteiger partial charge in [0.1, 0.15) is 0 Å². The number of rotatable bonds is 0. The number of nitrogens with zero attached hydrogens (tertiary/aromatic N) is 1. The molecule has 0 bridgehead atoms. The van der Waals surface area contributed by atoms with Gasteiger partial charge in [0.25, 0.3) is 0 Å². The first-order valence-electron chi connectivity index (χ1n) is 3.87. The molecule has 1 nitrogen and oxygen atoms in total. The zero-order valence-electron chi connectivity index (χ0n) is 6.72. The van der Waals surface area contributed by atoms with Crippen LogP contribution < -0.4 is 0 Å². The zero-order chi connectivity index (χ0) is 7.84. The van der Waals surface area contributed by atoms with Crippen LogP contribution in [0, 0.1) is 6.92 Å². The number of aryl methyl sites for hydroxylation is 1. The van der Waals surface area contributed by atoms with E-state index in [0.29, 0.717) is 0 Å². The number of allylic oxidation sites excluding steroid dienone is 1. The highest BCUT2D eigenvalue weighted by atomic mass is 14.7. The lowest BCUT2D eigenvalue weighted by atomic mass is 10.2. The summed E-state index contributed by atoms with van der Waals surface area (Å²) in [7, 11) is 0. The molecule has 56 valence electrons. The van der Waals surface area contributed by atoms with Crippen LogP contribution in [0.5, 0.6) is 0 Å². The van der Waals surface area contributed by atoms with Crippen molar-refractivity contribution >= 4 is 0 Å². The molecule has 0 N–H and O–H groups in total. The van der Waals surface area contributed by atoms with Gasteiger partial charge in [-0.15, -0.1) is 0 Å². The first kappa shape index (κ1) is 6.59. The second kappa shape index (κ2) is 2.19. The van der Waals surface area contributed by atoms with Gasteiger partial charge in [0.15, 0.2) is 0 Å². The second-order valence-corrected chi connectivity index (χ2v) is 3.20. The smallest absolute Gasteiger partial charge is 0.0375 e. The Bertz CT molecular complexity index is 313. The Balaban J connectivity index is 2.51. The summed E-state index contributed by atoms with van der Waals surface area (Å²) in [6.07, 6.45) is 4.06. The van der Waals surface area contributed by atoms with Crippen molar-refractivity contribution in [3.05, 3.63) is 41.2 Å². The van der Waals surface area contributed by atoms with Gasteiger partial charge >= 0.3 is 0 Å². The Morgan fingerprint density at radius 3 is 2.91 bits per heavy atom. The number of aromatic nitrogens is 1. The number of fused-ring (bicyclic) bond motifs is 1. The third-order valence-electron chi connectivity index (χ3n) is 2.10. The Kier molecular flexibility index (Phi) is 1.31. The Labute approximate surface area is 66.8 Å². The van der Waals surface area contributed by atoms with E-state index >= 15 is 0 Å². The minimum Gasteiger partial charge on any atom is -0.261 e. The molecular weight excluding hydrogens is 134 g/mol. The van der Waals surface area contributed by atoms with Crippen LogP contribution in [0.25, 0.3) is 0 Å². The summed E-state index contributed by atoms with van der Waals surface area (Å²) < 4.78 is 0. The zero-order valence-corrected chi connectivity index (χ0v) is 6.72. The van der Waals surface area contributed by atoms with Crippen LogP contribution >= 0.6 is 0 Å². The maximum absolute atomic E-state index is 4.24. The second-order valence-electron chi connectivity index (χ2n) is 3.20. The molecule has 11 heavy (non-hydrogen) atoms. The minimum absolute atomic E-state index is 1.03. The fourth-order valence-electron chi connectivity index (χ4n) is 1.57. The highest BCUT2D eigenvalue weighted by Gasteiger charge is 2.13. The van der Waals surface area contributed by atoms with Gasteiger partial charge in [-0.2, -0.15) is 0 Å². The van der Waals surface area contributed by atoms with Crippen LogP contribution in [0.1, 0.15) is 16.8 Å². The van der Waals surface area contributed by atoms with E-state index in [9.17, 15) is 0 Å². The van der Waals surface area contributed by atoms with Crippen molar-refractivity contribution in [3.63, 3.8) is 0 Å². The molecule has 0 amide bonds. The largest absolute Gasteiger partial charge is 0.261 e. The minimum atomic E-state index is 1.03. The monoisotopic (exact) mass is 145 g/mol. The van der Waals surface area contributed by atoms with Crippen LogP contribution in [0.3, 0.4) is 0 Å². The fourth-order valence-corrected chi connectivity index (χ4v) is 1.57. The Hall–Kier alpha value is -1.11. The van der Waals surface area contributed by atoms with E-state index in [4.69, 9.17) is 0 Å². The lowest BCUT2D eigenvalue weighted by Gasteiger charge is -1.96. The van der Waals surface area contributed by atoms with E-state index in [-0.39, 0.29) is 0 Å². The van der Waals surface area contributed by atoms with E-state index < -0.39 is 0 Å². The van der Waals surface area contributed by atoms with Crippen molar-refractivity contribution in [1.29, 1.82) is 0 Å². The van der Waals surface area contributed by atoms with Gasteiger partial charge in [0.05, 0.1) is 0 Å². The SMILES string of the molecule is C=C1Cc2cnc(C)cc2C1. The van der Waals surface area contributed by atoms with E-state index in [1.54, 1.807) is 0 Å². The molecule has 1 aromatic rings. The maximum Gasteiger partial charge on any atom is 0.0375 e. The van der Waals surface area contributed by atoms with E-state index in [1.807, 2.05) is 13.1 Å². The van der Waals surface area contributed by atoms with Crippen LogP contribution in [0.2, 0.25) is 0 Å². The van der Waals surface area contributed by atoms with Crippen LogP contribution in [0.4, 0.5) is 0 Å². The molecule has 0 saturated carbocycles. The molecule has 1 heteroatoms. The molecule has 0 spiro atoms. The standard InChI is InChI=1S/C10H11N/c1-7-3-9-5-8(2)11-6-10(9)4-7/h5-6H,1,3-4H2,2H3. The topological polar surface area (TPSA) is 12.9 Å². The molecule has 1 aromatic heterocycles. The molecule has 0 radical (unpaired) electrons. The molecule has 1 aliphatic carbocycles.